The molecule has 0 spiro atoms. The summed E-state index contributed by atoms with van der Waals surface area (Å²) in [5, 5.41) is 4.59. The molecule has 0 saturated carbocycles. The maximum absolute atomic E-state index is 12.0. The third-order valence-electron chi connectivity index (χ3n) is 4.07. The van der Waals surface area contributed by atoms with Crippen molar-refractivity contribution in [2.45, 2.75) is 26.3 Å². The topological polar surface area (TPSA) is 63.0 Å². The van der Waals surface area contributed by atoms with E-state index in [2.05, 4.69) is 42.0 Å². The molecule has 1 aliphatic rings. The number of carbonyl (C=O) groups is 1. The van der Waals surface area contributed by atoms with Gasteiger partial charge in [-0.1, -0.05) is 18.5 Å². The first-order valence-electron chi connectivity index (χ1n) is 7.93. The number of carbonyl (C=O) groups excluding carboxylic acids is 1. The number of nitrogens with zero attached hydrogens (tertiary/aromatic N) is 5. The van der Waals surface area contributed by atoms with Crippen LogP contribution in [-0.4, -0.2) is 56.8 Å². The lowest BCUT2D eigenvalue weighted by Crippen LogP contribution is -2.50. The lowest BCUT2D eigenvalue weighted by molar-refractivity contribution is 0.0520. The molecule has 1 aliphatic heterocycles. The molecule has 24 heavy (non-hydrogen) atoms. The van der Waals surface area contributed by atoms with Crippen molar-refractivity contribution in [1.82, 2.24) is 18.5 Å². The van der Waals surface area contributed by atoms with Crippen LogP contribution in [0.3, 0.4) is 0 Å². The van der Waals surface area contributed by atoms with Crippen LogP contribution in [0.2, 0.25) is 5.15 Å². The summed E-state index contributed by atoms with van der Waals surface area (Å²) >= 11 is 9.75. The molecule has 130 valence electrons. The molecule has 2 aromatic rings. The van der Waals surface area contributed by atoms with Crippen LogP contribution in [0.15, 0.2) is 12.3 Å². The number of fused-ring (bicyclic) bond motifs is 1. The minimum absolute atomic E-state index is 0.236. The van der Waals surface area contributed by atoms with Crippen LogP contribution in [0.4, 0.5) is 5.69 Å². The average molecular weight is 417 g/mol. The average Bonchev–Trinajstić information content (AvgIpc) is 2.98. The highest BCUT2D eigenvalue weighted by Gasteiger charge is 2.28. The van der Waals surface area contributed by atoms with Crippen molar-refractivity contribution in [3.05, 3.63) is 23.1 Å². The van der Waals surface area contributed by atoms with E-state index in [1.54, 1.807) is 17.6 Å². The van der Waals surface area contributed by atoms with Crippen LogP contribution in [0.5, 0.6) is 0 Å². The first-order chi connectivity index (χ1) is 11.5. The molecule has 0 amide bonds. The number of aromatic nitrogens is 3. The molecular weight excluding hydrogens is 398 g/mol. The number of rotatable bonds is 4. The van der Waals surface area contributed by atoms with Crippen LogP contribution < -0.4 is 4.90 Å². The van der Waals surface area contributed by atoms with E-state index in [-0.39, 0.29) is 5.69 Å². The lowest BCUT2D eigenvalue weighted by Gasteiger charge is -2.40. The fraction of sp³-hybridized carbons (Fsp3) is 0.533. The quantitative estimate of drug-likeness (QED) is 0.564. The Morgan fingerprint density at radius 2 is 2.25 bits per heavy atom. The zero-order valence-corrected chi connectivity index (χ0v) is 15.9. The van der Waals surface area contributed by atoms with Gasteiger partial charge in [0.2, 0.25) is 0 Å². The number of imidazole rings is 1. The molecule has 2 aromatic heterocycles. The van der Waals surface area contributed by atoms with Crippen LogP contribution in [0, 0.1) is 0 Å². The normalized spacial score (nSPS) is 19.0. The van der Waals surface area contributed by atoms with Gasteiger partial charge in [0.15, 0.2) is 16.5 Å². The second kappa shape index (κ2) is 7.25. The Morgan fingerprint density at radius 1 is 1.46 bits per heavy atom. The number of ether oxygens (including phenoxy) is 1. The van der Waals surface area contributed by atoms with Gasteiger partial charge in [0.1, 0.15) is 0 Å². The first kappa shape index (κ1) is 17.4. The van der Waals surface area contributed by atoms with Gasteiger partial charge in [-0.15, -0.1) is 0 Å². The first-order valence-corrected chi connectivity index (χ1v) is 9.02. The molecule has 1 atom stereocenters. The summed E-state index contributed by atoms with van der Waals surface area (Å²) in [5.41, 5.74) is 1.74. The molecule has 0 N–H and O–H groups in total. The molecule has 0 aliphatic carbocycles. The molecule has 7 nitrogen and oxygen atoms in total. The maximum atomic E-state index is 12.0. The summed E-state index contributed by atoms with van der Waals surface area (Å²) in [7, 11) is 0. The molecule has 1 unspecified atom stereocenters. The van der Waals surface area contributed by atoms with Crippen LogP contribution in [0.25, 0.3) is 5.65 Å². The molecular formula is C15H19BrClN5O2. The second-order valence-electron chi connectivity index (χ2n) is 5.59. The molecule has 0 radical (unpaired) electrons. The highest BCUT2D eigenvalue weighted by atomic mass is 79.9. The molecule has 1 saturated heterocycles. The van der Waals surface area contributed by atoms with E-state index in [4.69, 9.17) is 16.3 Å². The predicted octanol–water partition coefficient (Wildman–Crippen LogP) is 2.77. The Hall–Kier alpha value is -1.38. The van der Waals surface area contributed by atoms with Gasteiger partial charge in [-0.3, -0.25) is 0 Å². The number of hydrogen-bond acceptors (Lipinski definition) is 6. The fourth-order valence-corrected chi connectivity index (χ4v) is 3.61. The minimum atomic E-state index is -0.456. The van der Waals surface area contributed by atoms with E-state index in [1.165, 1.54) is 0 Å². The minimum Gasteiger partial charge on any atom is -0.461 e. The summed E-state index contributed by atoms with van der Waals surface area (Å²) in [6.45, 7) is 6.83. The van der Waals surface area contributed by atoms with Gasteiger partial charge in [-0.2, -0.15) is 5.10 Å². The number of esters is 1. The largest absolute Gasteiger partial charge is 0.461 e. The summed E-state index contributed by atoms with van der Waals surface area (Å²) in [4.78, 5) is 18.7. The summed E-state index contributed by atoms with van der Waals surface area (Å²) in [6, 6.07) is 2.13. The Morgan fingerprint density at radius 3 is 2.96 bits per heavy atom. The van der Waals surface area contributed by atoms with E-state index in [0.29, 0.717) is 23.4 Å². The maximum Gasteiger partial charge on any atom is 0.358 e. The van der Waals surface area contributed by atoms with E-state index in [0.717, 1.165) is 31.7 Å². The van der Waals surface area contributed by atoms with Gasteiger partial charge >= 0.3 is 5.97 Å². The van der Waals surface area contributed by atoms with Gasteiger partial charge < -0.3 is 9.64 Å². The molecule has 0 bridgehead atoms. The van der Waals surface area contributed by atoms with Gasteiger partial charge in [0.25, 0.3) is 0 Å². The van der Waals surface area contributed by atoms with E-state index >= 15 is 0 Å². The van der Waals surface area contributed by atoms with Crippen molar-refractivity contribution in [2.24, 2.45) is 0 Å². The summed E-state index contributed by atoms with van der Waals surface area (Å²) in [5.74, 6) is -0.456. The zero-order valence-electron chi connectivity index (χ0n) is 13.6. The third kappa shape index (κ3) is 3.36. The lowest BCUT2D eigenvalue weighted by atomic mass is 10.1. The van der Waals surface area contributed by atoms with Crippen molar-refractivity contribution in [3.8, 4) is 0 Å². The Labute approximate surface area is 153 Å². The number of piperazine rings is 1. The smallest absolute Gasteiger partial charge is 0.358 e. The summed E-state index contributed by atoms with van der Waals surface area (Å²) in [6.07, 6.45) is 2.55. The highest BCUT2D eigenvalue weighted by molar-refractivity contribution is 9.07. The Bertz CT molecular complexity index is 753. The molecule has 9 heteroatoms. The Kier molecular flexibility index (Phi) is 5.27. The van der Waals surface area contributed by atoms with Crippen molar-refractivity contribution >= 4 is 45.1 Å². The van der Waals surface area contributed by atoms with Gasteiger partial charge in [0, 0.05) is 47.9 Å². The number of halogens is 2. The standard InChI is InChI=1S/C15H19BrClN5O2/c1-3-10-8-20(16)5-6-21(10)12-7-13(17)19-22-9-11(18-14(12)22)15(23)24-4-2/h7,9-10H,3-6,8H2,1-2H3. The molecule has 3 heterocycles. The summed E-state index contributed by atoms with van der Waals surface area (Å²) < 4.78 is 8.71. The van der Waals surface area contributed by atoms with Crippen molar-refractivity contribution in [2.75, 3.05) is 31.1 Å². The fourth-order valence-electron chi connectivity index (χ4n) is 2.93. The second-order valence-corrected chi connectivity index (χ2v) is 6.98. The zero-order chi connectivity index (χ0) is 17.3. The Balaban J connectivity index is 2.04. The van der Waals surface area contributed by atoms with Gasteiger partial charge in [-0.25, -0.2) is 18.2 Å². The molecule has 0 aromatic carbocycles. The molecule has 1 fully saturated rings. The van der Waals surface area contributed by atoms with Crippen LogP contribution >= 0.6 is 27.7 Å². The highest BCUT2D eigenvalue weighted by Crippen LogP contribution is 2.29. The SMILES string of the molecule is CCOC(=O)c1cn2nc(Cl)cc(N3CCN(Br)CC3CC)c2n1. The molecule has 3 rings (SSSR count). The monoisotopic (exact) mass is 415 g/mol. The van der Waals surface area contributed by atoms with Crippen LogP contribution in [0.1, 0.15) is 30.8 Å². The van der Waals surface area contributed by atoms with Gasteiger partial charge in [-0.05, 0) is 13.3 Å². The predicted molar refractivity (Wildman–Crippen MR) is 95.9 cm³/mol. The van der Waals surface area contributed by atoms with E-state index < -0.39 is 5.97 Å². The number of anilines is 1. The van der Waals surface area contributed by atoms with E-state index in [1.807, 2.05) is 6.07 Å². The van der Waals surface area contributed by atoms with Crippen molar-refractivity contribution < 1.29 is 9.53 Å². The van der Waals surface area contributed by atoms with Crippen molar-refractivity contribution in [3.63, 3.8) is 0 Å². The van der Waals surface area contributed by atoms with Crippen molar-refractivity contribution in [1.29, 1.82) is 0 Å². The third-order valence-corrected chi connectivity index (χ3v) is 4.90. The van der Waals surface area contributed by atoms with Crippen LogP contribution in [-0.2, 0) is 4.74 Å². The number of hydrogen-bond donors (Lipinski definition) is 0. The van der Waals surface area contributed by atoms with E-state index in [9.17, 15) is 4.79 Å². The van der Waals surface area contributed by atoms with Gasteiger partial charge in [0.05, 0.1) is 18.5 Å².